The van der Waals surface area contributed by atoms with E-state index in [1.807, 2.05) is 30.3 Å². The lowest BCUT2D eigenvalue weighted by Crippen LogP contribution is -2.34. The van der Waals surface area contributed by atoms with E-state index in [0.29, 0.717) is 13.0 Å². The zero-order chi connectivity index (χ0) is 16.8. The molecule has 7 nitrogen and oxygen atoms in total. The molecule has 1 amide bonds. The average Bonchev–Trinajstić information content (AvgIpc) is 2.52. The van der Waals surface area contributed by atoms with Gasteiger partial charge in [0.1, 0.15) is 6.54 Å². The third-order valence-corrected chi connectivity index (χ3v) is 3.50. The van der Waals surface area contributed by atoms with Crippen molar-refractivity contribution in [3.63, 3.8) is 0 Å². The third-order valence-electron chi connectivity index (χ3n) is 3.50. The Kier molecular flexibility index (Phi) is 5.24. The predicted molar refractivity (Wildman–Crippen MR) is 85.2 cm³/mol. The molecule has 2 aromatic rings. The van der Waals surface area contributed by atoms with Crippen molar-refractivity contribution in [2.75, 3.05) is 6.54 Å². The van der Waals surface area contributed by atoms with Crippen LogP contribution in [0.2, 0.25) is 0 Å². The topological polar surface area (TPSA) is 94.2 Å². The Labute approximate surface area is 132 Å². The van der Waals surface area contributed by atoms with Gasteiger partial charge in [0, 0.05) is 18.7 Å². The van der Waals surface area contributed by atoms with Gasteiger partial charge in [-0.15, -0.1) is 0 Å². The minimum absolute atomic E-state index is 0.167. The van der Waals surface area contributed by atoms with Crippen molar-refractivity contribution in [3.8, 4) is 0 Å². The minimum atomic E-state index is -0.571. The molecule has 0 unspecified atom stereocenters. The monoisotopic (exact) mass is 315 g/mol. The number of hydrogen-bond donors (Lipinski definition) is 1. The van der Waals surface area contributed by atoms with Gasteiger partial charge in [-0.25, -0.2) is 0 Å². The predicted octanol–water partition coefficient (Wildman–Crippen LogP) is 1.42. The van der Waals surface area contributed by atoms with Gasteiger partial charge in [-0.3, -0.25) is 24.3 Å². The second-order valence-electron chi connectivity index (χ2n) is 5.07. The van der Waals surface area contributed by atoms with Gasteiger partial charge >= 0.3 is 0 Å². The molecule has 1 heterocycles. The van der Waals surface area contributed by atoms with E-state index in [9.17, 15) is 19.7 Å². The van der Waals surface area contributed by atoms with Crippen LogP contribution in [-0.2, 0) is 17.8 Å². The number of benzene rings is 1. The number of hydrogen-bond acceptors (Lipinski definition) is 4. The maximum absolute atomic E-state index is 11.9. The lowest BCUT2D eigenvalue weighted by atomic mass is 10.1. The summed E-state index contributed by atoms with van der Waals surface area (Å²) in [7, 11) is 0. The summed E-state index contributed by atoms with van der Waals surface area (Å²) in [5.41, 5.74) is 0.644. The SMILES string of the molecule is Cc1c([N+](=O)[O-])ccc(=O)n1CC(=O)NCCc1ccccc1. The van der Waals surface area contributed by atoms with E-state index in [-0.39, 0.29) is 23.8 Å². The van der Waals surface area contributed by atoms with E-state index >= 15 is 0 Å². The number of pyridine rings is 1. The van der Waals surface area contributed by atoms with Crippen LogP contribution < -0.4 is 10.9 Å². The first-order valence-corrected chi connectivity index (χ1v) is 7.14. The molecule has 0 fully saturated rings. The molecule has 0 aliphatic rings. The molecular weight excluding hydrogens is 298 g/mol. The van der Waals surface area contributed by atoms with E-state index in [4.69, 9.17) is 0 Å². The number of nitrogens with zero attached hydrogens (tertiary/aromatic N) is 2. The minimum Gasteiger partial charge on any atom is -0.354 e. The van der Waals surface area contributed by atoms with Gasteiger partial charge in [-0.05, 0) is 18.9 Å². The Hall–Kier alpha value is -2.96. The van der Waals surface area contributed by atoms with Crippen molar-refractivity contribution in [2.45, 2.75) is 19.9 Å². The Morgan fingerprint density at radius 2 is 1.91 bits per heavy atom. The number of nitro groups is 1. The maximum atomic E-state index is 11.9. The van der Waals surface area contributed by atoms with Crippen LogP contribution in [0.5, 0.6) is 0 Å². The van der Waals surface area contributed by atoms with Crippen LogP contribution in [0.25, 0.3) is 0 Å². The molecule has 0 bridgehead atoms. The first-order chi connectivity index (χ1) is 11.0. The average molecular weight is 315 g/mol. The van der Waals surface area contributed by atoms with Crippen LogP contribution in [-0.4, -0.2) is 21.9 Å². The first-order valence-electron chi connectivity index (χ1n) is 7.14. The van der Waals surface area contributed by atoms with Crippen LogP contribution in [0, 0.1) is 17.0 Å². The zero-order valence-corrected chi connectivity index (χ0v) is 12.7. The van der Waals surface area contributed by atoms with E-state index in [1.165, 1.54) is 6.92 Å². The smallest absolute Gasteiger partial charge is 0.288 e. The van der Waals surface area contributed by atoms with Gasteiger partial charge in [-0.1, -0.05) is 30.3 Å². The first kappa shape index (κ1) is 16.4. The number of nitrogens with one attached hydrogen (secondary N) is 1. The summed E-state index contributed by atoms with van der Waals surface area (Å²) in [5, 5.41) is 13.6. The molecule has 0 spiro atoms. The Morgan fingerprint density at radius 1 is 1.22 bits per heavy atom. The molecule has 0 saturated carbocycles. The van der Waals surface area contributed by atoms with E-state index in [2.05, 4.69) is 5.32 Å². The molecule has 1 aromatic heterocycles. The van der Waals surface area contributed by atoms with Crippen molar-refractivity contribution < 1.29 is 9.72 Å². The highest BCUT2D eigenvalue weighted by atomic mass is 16.6. The number of carbonyl (C=O) groups excluding carboxylic acids is 1. The Bertz CT molecular complexity index is 769. The molecule has 0 radical (unpaired) electrons. The van der Waals surface area contributed by atoms with E-state index in [1.54, 1.807) is 0 Å². The van der Waals surface area contributed by atoms with Crippen LogP contribution in [0.4, 0.5) is 5.69 Å². The van der Waals surface area contributed by atoms with Crippen molar-refractivity contribution in [1.82, 2.24) is 9.88 Å². The standard InChI is InChI=1S/C16H17N3O4/c1-12-14(19(22)23)7-8-16(21)18(12)11-15(20)17-10-9-13-5-3-2-4-6-13/h2-8H,9-11H2,1H3,(H,17,20). The molecule has 120 valence electrons. The fraction of sp³-hybridized carbons (Fsp3) is 0.250. The largest absolute Gasteiger partial charge is 0.354 e. The summed E-state index contributed by atoms with van der Waals surface area (Å²) in [6, 6.07) is 11.9. The van der Waals surface area contributed by atoms with Gasteiger partial charge in [0.05, 0.1) is 10.6 Å². The summed E-state index contributed by atoms with van der Waals surface area (Å²) in [4.78, 5) is 34.1. The molecule has 2 rings (SSSR count). The molecule has 23 heavy (non-hydrogen) atoms. The van der Waals surface area contributed by atoms with E-state index < -0.39 is 10.5 Å². The molecule has 0 atom stereocenters. The molecular formula is C16H17N3O4. The van der Waals surface area contributed by atoms with Crippen LogP contribution in [0.3, 0.4) is 0 Å². The third kappa shape index (κ3) is 4.26. The number of amides is 1. The van der Waals surface area contributed by atoms with Crippen molar-refractivity contribution in [2.24, 2.45) is 0 Å². The summed E-state index contributed by atoms with van der Waals surface area (Å²) in [6.45, 7) is 1.66. The van der Waals surface area contributed by atoms with Gasteiger partial charge in [0.2, 0.25) is 5.91 Å². The Balaban J connectivity index is 1.99. The van der Waals surface area contributed by atoms with Crippen molar-refractivity contribution in [1.29, 1.82) is 0 Å². The molecule has 0 saturated heterocycles. The lowest BCUT2D eigenvalue weighted by Gasteiger charge is -2.10. The number of aromatic nitrogens is 1. The normalized spacial score (nSPS) is 10.3. The second-order valence-corrected chi connectivity index (χ2v) is 5.07. The molecule has 0 aliphatic heterocycles. The zero-order valence-electron chi connectivity index (χ0n) is 12.7. The van der Waals surface area contributed by atoms with Gasteiger partial charge in [-0.2, -0.15) is 0 Å². The number of rotatable bonds is 6. The lowest BCUT2D eigenvalue weighted by molar-refractivity contribution is -0.386. The molecule has 1 N–H and O–H groups in total. The molecule has 0 aliphatic carbocycles. The van der Waals surface area contributed by atoms with Gasteiger partial charge < -0.3 is 5.32 Å². The van der Waals surface area contributed by atoms with Crippen LogP contribution in [0.1, 0.15) is 11.3 Å². The van der Waals surface area contributed by atoms with Gasteiger partial charge in [0.15, 0.2) is 0 Å². The Morgan fingerprint density at radius 3 is 2.57 bits per heavy atom. The van der Waals surface area contributed by atoms with Crippen LogP contribution >= 0.6 is 0 Å². The highest BCUT2D eigenvalue weighted by Crippen LogP contribution is 2.14. The summed E-state index contributed by atoms with van der Waals surface area (Å²) < 4.78 is 1.11. The highest BCUT2D eigenvalue weighted by Gasteiger charge is 2.16. The molecule has 1 aromatic carbocycles. The number of carbonyl (C=O) groups is 1. The van der Waals surface area contributed by atoms with E-state index in [0.717, 1.165) is 22.3 Å². The molecule has 7 heteroatoms. The maximum Gasteiger partial charge on any atom is 0.288 e. The fourth-order valence-corrected chi connectivity index (χ4v) is 2.24. The van der Waals surface area contributed by atoms with Crippen LogP contribution in [0.15, 0.2) is 47.3 Å². The summed E-state index contributed by atoms with van der Waals surface area (Å²) in [6.07, 6.45) is 0.676. The van der Waals surface area contributed by atoms with Crippen molar-refractivity contribution in [3.05, 3.63) is 74.2 Å². The van der Waals surface area contributed by atoms with Crippen molar-refractivity contribution >= 4 is 11.6 Å². The van der Waals surface area contributed by atoms with Gasteiger partial charge in [0.25, 0.3) is 11.2 Å². The second kappa shape index (κ2) is 7.35. The quantitative estimate of drug-likeness (QED) is 0.644. The highest BCUT2D eigenvalue weighted by molar-refractivity contribution is 5.75. The summed E-state index contributed by atoms with van der Waals surface area (Å²) >= 11 is 0. The summed E-state index contributed by atoms with van der Waals surface area (Å²) in [5.74, 6) is -0.355. The fourth-order valence-electron chi connectivity index (χ4n) is 2.24.